The number of anilines is 1. The molecule has 0 atom stereocenters. The Labute approximate surface area is 430 Å². The lowest BCUT2D eigenvalue weighted by molar-refractivity contribution is -0.399. The first-order chi connectivity index (χ1) is 36.0. The van der Waals surface area contributed by atoms with E-state index in [0.717, 1.165) is 25.7 Å². The summed E-state index contributed by atoms with van der Waals surface area (Å²) in [6.45, 7) is 0. The van der Waals surface area contributed by atoms with Gasteiger partial charge in [-0.1, -0.05) is 255 Å². The number of hydrogen-bond donors (Lipinski definition) is 0. The molecule has 10 aromatic rings. The highest BCUT2D eigenvalue weighted by atomic mass is 15.2. The van der Waals surface area contributed by atoms with Crippen molar-refractivity contribution in [2.75, 3.05) is 19.0 Å². The molecule has 2 heterocycles. The van der Waals surface area contributed by atoms with Gasteiger partial charge in [-0.25, -0.2) is 0 Å². The molecule has 0 N–H and O–H groups in total. The van der Waals surface area contributed by atoms with E-state index in [0.29, 0.717) is 0 Å². The predicted molar refractivity (Wildman–Crippen MR) is 311 cm³/mol. The molecule has 0 amide bonds. The number of likely N-dealkylation sites (N-methyl/N-ethyl adjacent to an activating group) is 1. The molecular weight excluding hydrogens is 881 g/mol. The van der Waals surface area contributed by atoms with E-state index in [1.807, 2.05) is 0 Å². The van der Waals surface area contributed by atoms with Crippen molar-refractivity contribution in [1.82, 2.24) is 0 Å². The second-order valence-corrected chi connectivity index (χ2v) is 20.0. The zero-order chi connectivity index (χ0) is 49.2. The van der Waals surface area contributed by atoms with Gasteiger partial charge in [0.05, 0.1) is 16.5 Å². The minimum atomic E-state index is -0.339. The largest absolute Gasteiger partial charge is 0.346 e. The first-order valence-electron chi connectivity index (χ1n) is 25.8. The van der Waals surface area contributed by atoms with Crippen LogP contribution >= 0.6 is 0 Å². The summed E-state index contributed by atoms with van der Waals surface area (Å²) in [5.74, 6) is 0. The van der Waals surface area contributed by atoms with Crippen LogP contribution in [0.5, 0.6) is 0 Å². The van der Waals surface area contributed by atoms with Crippen molar-refractivity contribution >= 4 is 60.2 Å². The van der Waals surface area contributed by atoms with E-state index in [1.165, 1.54) is 99.3 Å². The molecule has 0 spiro atoms. The van der Waals surface area contributed by atoms with Gasteiger partial charge in [-0.15, -0.1) is 0 Å². The van der Waals surface area contributed by atoms with Gasteiger partial charge in [0.25, 0.3) is 0 Å². The van der Waals surface area contributed by atoms with Crippen LogP contribution in [0.2, 0.25) is 0 Å². The number of rotatable bonds is 13. The number of allylic oxidation sites excluding steroid dienone is 10. The lowest BCUT2D eigenvalue weighted by atomic mass is 9.67. The van der Waals surface area contributed by atoms with Crippen molar-refractivity contribution in [3.63, 3.8) is 0 Å². The zero-order valence-corrected chi connectivity index (χ0v) is 41.7. The molecule has 0 saturated heterocycles. The van der Waals surface area contributed by atoms with Crippen LogP contribution in [0.1, 0.15) is 33.4 Å². The third-order valence-corrected chi connectivity index (χ3v) is 15.7. The molecule has 2 aliphatic rings. The van der Waals surface area contributed by atoms with E-state index < -0.39 is 0 Å². The standard InChI is InChI=1S/C71H59N2/c1-72-64(70(48-52-30-12-8-13-31-52,49-53-32-14-9-15-33-53)66-60-42-26-22-38-56(60)58-40-24-28-44-62(58)68(66)72)46-20-6-4-3-5-7-21-47-65-71(50-54-34-16-10-17-35-54,51-55-36-18-11-19-37-55)67-61-43-27-23-39-57(61)59-41-25-29-45-63(59)69(67)73(65)2/h3-47H,48-51H2,1-2H3/q+1. The molecule has 0 unspecified atom stereocenters. The molecule has 0 aromatic heterocycles. The third kappa shape index (κ3) is 8.14. The summed E-state index contributed by atoms with van der Waals surface area (Å²) in [5.41, 5.74) is 12.7. The minimum absolute atomic E-state index is 0.339. The van der Waals surface area contributed by atoms with Crippen LogP contribution in [0.3, 0.4) is 0 Å². The third-order valence-electron chi connectivity index (χ3n) is 15.7. The number of nitrogens with zero attached hydrogens (tertiary/aromatic N) is 2. The number of fused-ring (bicyclic) bond motifs is 12. The summed E-state index contributed by atoms with van der Waals surface area (Å²) in [5, 5.41) is 10.4. The maximum atomic E-state index is 2.49. The molecule has 2 heteroatoms. The predicted octanol–water partition coefficient (Wildman–Crippen LogP) is 16.7. The molecule has 0 radical (unpaired) electrons. The Morgan fingerprint density at radius 2 is 0.699 bits per heavy atom. The van der Waals surface area contributed by atoms with Crippen LogP contribution in [-0.4, -0.2) is 24.4 Å². The van der Waals surface area contributed by atoms with E-state index >= 15 is 0 Å². The molecule has 0 saturated carbocycles. The molecule has 0 bridgehead atoms. The van der Waals surface area contributed by atoms with Gasteiger partial charge in [0.1, 0.15) is 7.05 Å². The van der Waals surface area contributed by atoms with Crippen LogP contribution in [0.25, 0.3) is 43.1 Å². The molecule has 2 nitrogen and oxygen atoms in total. The molecule has 0 aliphatic carbocycles. The second-order valence-electron chi connectivity index (χ2n) is 20.0. The van der Waals surface area contributed by atoms with Crippen LogP contribution in [-0.2, 0) is 36.5 Å². The topological polar surface area (TPSA) is 6.25 Å². The Morgan fingerprint density at radius 1 is 0.356 bits per heavy atom. The van der Waals surface area contributed by atoms with Gasteiger partial charge in [0.15, 0.2) is 5.71 Å². The van der Waals surface area contributed by atoms with Gasteiger partial charge in [-0.2, -0.15) is 4.58 Å². The fraction of sp³-hybridized carbons (Fsp3) is 0.113. The fourth-order valence-corrected chi connectivity index (χ4v) is 12.8. The van der Waals surface area contributed by atoms with E-state index in [1.54, 1.807) is 0 Å². The Morgan fingerprint density at radius 3 is 1.18 bits per heavy atom. The second kappa shape index (κ2) is 19.5. The average molecular weight is 940 g/mol. The minimum Gasteiger partial charge on any atom is -0.346 e. The highest BCUT2D eigenvalue weighted by Gasteiger charge is 2.52. The van der Waals surface area contributed by atoms with Gasteiger partial charge in [-0.05, 0) is 98.0 Å². The van der Waals surface area contributed by atoms with Crippen molar-refractivity contribution in [3.05, 3.63) is 312 Å². The Kier molecular flexibility index (Phi) is 12.2. The Balaban J connectivity index is 0.919. The van der Waals surface area contributed by atoms with Crippen molar-refractivity contribution in [1.29, 1.82) is 0 Å². The lowest BCUT2D eigenvalue weighted by Gasteiger charge is -2.34. The van der Waals surface area contributed by atoms with Gasteiger partial charge in [-0.3, -0.25) is 0 Å². The van der Waals surface area contributed by atoms with Crippen LogP contribution < -0.4 is 4.90 Å². The van der Waals surface area contributed by atoms with E-state index in [9.17, 15) is 0 Å². The van der Waals surface area contributed by atoms with Crippen molar-refractivity contribution in [2.24, 2.45) is 0 Å². The Bertz CT molecular complexity index is 3770. The lowest BCUT2D eigenvalue weighted by Crippen LogP contribution is -2.39. The van der Waals surface area contributed by atoms with Crippen molar-refractivity contribution < 1.29 is 4.58 Å². The van der Waals surface area contributed by atoms with Gasteiger partial charge in [0.2, 0.25) is 5.69 Å². The van der Waals surface area contributed by atoms with Crippen LogP contribution in [0.4, 0.5) is 11.4 Å². The summed E-state index contributed by atoms with van der Waals surface area (Å²) in [6.07, 6.45) is 23.5. The normalized spacial score (nSPS) is 15.7. The summed E-state index contributed by atoms with van der Waals surface area (Å²) < 4.78 is 2.49. The summed E-state index contributed by atoms with van der Waals surface area (Å²) in [7, 11) is 4.56. The molecule has 12 rings (SSSR count). The highest BCUT2D eigenvalue weighted by molar-refractivity contribution is 6.20. The Hall–Kier alpha value is -8.59. The highest BCUT2D eigenvalue weighted by Crippen LogP contribution is 2.57. The first-order valence-corrected chi connectivity index (χ1v) is 25.8. The van der Waals surface area contributed by atoms with Gasteiger partial charge < -0.3 is 4.90 Å². The maximum Gasteiger partial charge on any atom is 0.218 e. The smallest absolute Gasteiger partial charge is 0.218 e. The average Bonchev–Trinajstić information content (AvgIpc) is 3.81. The van der Waals surface area contributed by atoms with E-state index in [-0.39, 0.29) is 10.8 Å². The molecule has 2 aliphatic heterocycles. The zero-order valence-electron chi connectivity index (χ0n) is 41.7. The molecular formula is C71H59N2+. The molecule has 352 valence electrons. The van der Waals surface area contributed by atoms with Crippen molar-refractivity contribution in [3.8, 4) is 0 Å². The number of hydrogen-bond acceptors (Lipinski definition) is 1. The first kappa shape index (κ1) is 45.5. The quantitative estimate of drug-likeness (QED) is 0.0634. The molecule has 73 heavy (non-hydrogen) atoms. The monoisotopic (exact) mass is 939 g/mol. The summed E-state index contributed by atoms with van der Waals surface area (Å²) in [4.78, 5) is 2.49. The molecule has 10 aromatic carbocycles. The maximum absolute atomic E-state index is 2.49. The van der Waals surface area contributed by atoms with Crippen LogP contribution in [0, 0.1) is 0 Å². The number of benzene rings is 10. The van der Waals surface area contributed by atoms with Crippen molar-refractivity contribution in [2.45, 2.75) is 36.5 Å². The van der Waals surface area contributed by atoms with Gasteiger partial charge >= 0.3 is 0 Å². The molecule has 0 fully saturated rings. The summed E-state index contributed by atoms with van der Waals surface area (Å²) >= 11 is 0. The summed E-state index contributed by atoms with van der Waals surface area (Å²) in [6, 6.07) is 80.3. The van der Waals surface area contributed by atoms with E-state index in [4.69, 9.17) is 0 Å². The SMILES string of the molecule is CN1/C(=C/C=C/C=C/C=C/C=C/C2=[N+](C)c3c(c4ccccc4c4ccccc34)C2(Cc2ccccc2)Cc2ccccc2)C(Cc2ccccc2)(Cc2ccccc2)c2c1c1ccccc1c1ccccc21. The van der Waals surface area contributed by atoms with Gasteiger partial charge in [0, 0.05) is 35.2 Å². The van der Waals surface area contributed by atoms with E-state index in [2.05, 4.69) is 297 Å². The fourth-order valence-electron chi connectivity index (χ4n) is 12.8. The van der Waals surface area contributed by atoms with Crippen LogP contribution in [0.15, 0.2) is 279 Å².